The van der Waals surface area contributed by atoms with Gasteiger partial charge in [-0.15, -0.1) is 0 Å². The van der Waals surface area contributed by atoms with E-state index in [0.29, 0.717) is 17.5 Å². The van der Waals surface area contributed by atoms with Gasteiger partial charge < -0.3 is 0 Å². The number of amides is 2. The standard InChI is InChI=1S/C14H14N2O3/c1-9(2)7-12(15-8-17)16-13(18)10-5-3-4-6-11(10)14(16)19/h3-6,9,12H,7H2,1-2H3. The first-order valence-electron chi connectivity index (χ1n) is 6.10. The first kappa shape index (κ1) is 13.2. The van der Waals surface area contributed by atoms with Crippen molar-refractivity contribution in [2.24, 2.45) is 10.9 Å². The molecule has 2 amide bonds. The predicted octanol–water partition coefficient (Wildman–Crippen LogP) is 1.99. The van der Waals surface area contributed by atoms with E-state index in [2.05, 4.69) is 4.99 Å². The lowest BCUT2D eigenvalue weighted by atomic mass is 10.1. The van der Waals surface area contributed by atoms with Gasteiger partial charge in [0.15, 0.2) is 0 Å². The molecule has 98 valence electrons. The topological polar surface area (TPSA) is 66.8 Å². The quantitative estimate of drug-likeness (QED) is 0.471. The minimum absolute atomic E-state index is 0.200. The van der Waals surface area contributed by atoms with Crippen LogP contribution < -0.4 is 0 Å². The molecule has 1 aliphatic heterocycles. The Hall–Kier alpha value is -2.26. The van der Waals surface area contributed by atoms with Gasteiger partial charge in [-0.3, -0.25) is 14.5 Å². The van der Waals surface area contributed by atoms with Crippen LogP contribution in [0.5, 0.6) is 0 Å². The Balaban J connectivity index is 2.39. The molecule has 0 N–H and O–H groups in total. The average Bonchev–Trinajstić information content (AvgIpc) is 2.62. The third-order valence-corrected chi connectivity index (χ3v) is 3.01. The molecule has 1 unspecified atom stereocenters. The van der Waals surface area contributed by atoms with Crippen molar-refractivity contribution < 1.29 is 14.4 Å². The number of hydrogen-bond acceptors (Lipinski definition) is 4. The smallest absolute Gasteiger partial charge is 0.263 e. The fourth-order valence-corrected chi connectivity index (χ4v) is 2.18. The molecule has 5 heteroatoms. The number of hydrogen-bond donors (Lipinski definition) is 0. The van der Waals surface area contributed by atoms with E-state index in [0.717, 1.165) is 4.90 Å². The molecule has 0 aromatic heterocycles. The number of imide groups is 1. The largest absolute Gasteiger partial charge is 0.268 e. The SMILES string of the molecule is CC(C)CC(N=C=O)N1C(=O)c2ccccc2C1=O. The monoisotopic (exact) mass is 258 g/mol. The number of nitrogens with zero attached hydrogens (tertiary/aromatic N) is 2. The van der Waals surface area contributed by atoms with E-state index in [1.54, 1.807) is 24.3 Å². The molecular formula is C14H14N2O3. The van der Waals surface area contributed by atoms with Crippen molar-refractivity contribution in [1.82, 2.24) is 4.90 Å². The zero-order chi connectivity index (χ0) is 14.0. The van der Waals surface area contributed by atoms with Gasteiger partial charge in [-0.1, -0.05) is 26.0 Å². The van der Waals surface area contributed by atoms with Gasteiger partial charge >= 0.3 is 0 Å². The second-order valence-corrected chi connectivity index (χ2v) is 4.86. The number of carbonyl (C=O) groups excluding carboxylic acids is 3. The Labute approximate surface area is 110 Å². The molecule has 1 aromatic carbocycles. The van der Waals surface area contributed by atoms with Crippen LogP contribution in [0.1, 0.15) is 41.0 Å². The van der Waals surface area contributed by atoms with Gasteiger partial charge in [-0.25, -0.2) is 4.79 Å². The first-order chi connectivity index (χ1) is 9.06. The fraction of sp³-hybridized carbons (Fsp3) is 0.357. The molecule has 19 heavy (non-hydrogen) atoms. The van der Waals surface area contributed by atoms with Crippen LogP contribution in [-0.2, 0) is 4.79 Å². The Morgan fingerprint density at radius 3 is 2.11 bits per heavy atom. The molecule has 5 nitrogen and oxygen atoms in total. The van der Waals surface area contributed by atoms with E-state index in [-0.39, 0.29) is 5.92 Å². The summed E-state index contributed by atoms with van der Waals surface area (Å²) in [5.41, 5.74) is 0.727. The van der Waals surface area contributed by atoms with Crippen LogP contribution in [0.4, 0.5) is 0 Å². The maximum atomic E-state index is 12.2. The maximum absolute atomic E-state index is 12.2. The number of carbonyl (C=O) groups is 2. The molecule has 2 rings (SSSR count). The molecule has 0 radical (unpaired) electrons. The molecule has 0 spiro atoms. The zero-order valence-corrected chi connectivity index (χ0v) is 10.8. The molecule has 0 aliphatic carbocycles. The summed E-state index contributed by atoms with van der Waals surface area (Å²) in [5, 5.41) is 0. The van der Waals surface area contributed by atoms with E-state index in [9.17, 15) is 14.4 Å². The van der Waals surface area contributed by atoms with Gasteiger partial charge in [0.05, 0.1) is 11.1 Å². The summed E-state index contributed by atoms with van der Waals surface area (Å²) in [5.74, 6) is -0.595. The highest BCUT2D eigenvalue weighted by Gasteiger charge is 2.39. The first-order valence-corrected chi connectivity index (χ1v) is 6.10. The van der Waals surface area contributed by atoms with E-state index < -0.39 is 18.0 Å². The van der Waals surface area contributed by atoms with Gasteiger partial charge in [0, 0.05) is 0 Å². The van der Waals surface area contributed by atoms with Crippen LogP contribution >= 0.6 is 0 Å². The number of rotatable bonds is 4. The van der Waals surface area contributed by atoms with Crippen LogP contribution in [0.3, 0.4) is 0 Å². The second kappa shape index (κ2) is 5.16. The van der Waals surface area contributed by atoms with Gasteiger partial charge in [0.25, 0.3) is 11.8 Å². The molecule has 1 heterocycles. The number of isocyanates is 1. The van der Waals surface area contributed by atoms with Gasteiger partial charge in [0.1, 0.15) is 6.17 Å². The van der Waals surface area contributed by atoms with Crippen molar-refractivity contribution in [3.8, 4) is 0 Å². The summed E-state index contributed by atoms with van der Waals surface area (Å²) in [4.78, 5) is 39.6. The summed E-state index contributed by atoms with van der Waals surface area (Å²) in [7, 11) is 0. The summed E-state index contributed by atoms with van der Waals surface area (Å²) >= 11 is 0. The lowest BCUT2D eigenvalue weighted by Crippen LogP contribution is -2.39. The van der Waals surface area contributed by atoms with Crippen molar-refractivity contribution in [1.29, 1.82) is 0 Å². The molecule has 0 saturated heterocycles. The summed E-state index contributed by atoms with van der Waals surface area (Å²) < 4.78 is 0. The molecular weight excluding hydrogens is 244 g/mol. The van der Waals surface area contributed by atoms with Gasteiger partial charge in [-0.05, 0) is 24.5 Å². The van der Waals surface area contributed by atoms with E-state index in [1.165, 1.54) is 6.08 Å². The van der Waals surface area contributed by atoms with Crippen molar-refractivity contribution in [3.63, 3.8) is 0 Å². The van der Waals surface area contributed by atoms with Crippen LogP contribution in [0.2, 0.25) is 0 Å². The minimum Gasteiger partial charge on any atom is -0.268 e. The Kier molecular flexibility index (Phi) is 3.58. The Bertz CT molecular complexity index is 539. The fourth-order valence-electron chi connectivity index (χ4n) is 2.18. The van der Waals surface area contributed by atoms with Crippen LogP contribution in [0.25, 0.3) is 0 Å². The lowest BCUT2D eigenvalue weighted by Gasteiger charge is -2.22. The summed E-state index contributed by atoms with van der Waals surface area (Å²) in [6.07, 6.45) is 1.12. The van der Waals surface area contributed by atoms with Crippen molar-refractivity contribution >= 4 is 17.9 Å². The number of benzene rings is 1. The van der Waals surface area contributed by atoms with Crippen LogP contribution in [0.15, 0.2) is 29.3 Å². The minimum atomic E-state index is -0.773. The Morgan fingerprint density at radius 2 is 1.68 bits per heavy atom. The third kappa shape index (κ3) is 2.33. The highest BCUT2D eigenvalue weighted by molar-refractivity contribution is 6.21. The molecule has 0 fully saturated rings. The maximum Gasteiger partial charge on any atom is 0.263 e. The van der Waals surface area contributed by atoms with Crippen LogP contribution in [-0.4, -0.2) is 29.0 Å². The van der Waals surface area contributed by atoms with E-state index in [1.807, 2.05) is 13.8 Å². The van der Waals surface area contributed by atoms with Gasteiger partial charge in [0.2, 0.25) is 6.08 Å². The summed E-state index contributed by atoms with van der Waals surface area (Å²) in [6.45, 7) is 3.87. The molecule has 1 aromatic rings. The van der Waals surface area contributed by atoms with Gasteiger partial charge in [-0.2, -0.15) is 4.99 Å². The molecule has 0 bridgehead atoms. The average molecular weight is 258 g/mol. The van der Waals surface area contributed by atoms with Crippen molar-refractivity contribution in [3.05, 3.63) is 35.4 Å². The molecule has 1 atom stereocenters. The summed E-state index contributed by atoms with van der Waals surface area (Å²) in [6, 6.07) is 6.61. The number of aliphatic imine (C=N–C) groups is 1. The van der Waals surface area contributed by atoms with Crippen LogP contribution in [0, 0.1) is 5.92 Å². The van der Waals surface area contributed by atoms with E-state index >= 15 is 0 Å². The van der Waals surface area contributed by atoms with Crippen molar-refractivity contribution in [2.75, 3.05) is 0 Å². The molecule has 1 aliphatic rings. The van der Waals surface area contributed by atoms with E-state index in [4.69, 9.17) is 0 Å². The lowest BCUT2D eigenvalue weighted by molar-refractivity contribution is 0.0573. The highest BCUT2D eigenvalue weighted by atomic mass is 16.2. The van der Waals surface area contributed by atoms with Crippen molar-refractivity contribution in [2.45, 2.75) is 26.4 Å². The highest BCUT2D eigenvalue weighted by Crippen LogP contribution is 2.27. The normalized spacial score (nSPS) is 15.4. The number of fused-ring (bicyclic) bond motifs is 1. The third-order valence-electron chi connectivity index (χ3n) is 3.01. The second-order valence-electron chi connectivity index (χ2n) is 4.86. The predicted molar refractivity (Wildman–Crippen MR) is 68.3 cm³/mol. The molecule has 0 saturated carbocycles. The zero-order valence-electron chi connectivity index (χ0n) is 10.8. The Morgan fingerprint density at radius 1 is 1.16 bits per heavy atom.